The molecule has 0 aliphatic carbocycles. The Bertz CT molecular complexity index is 894. The molecule has 2 aromatic heterocycles. The van der Waals surface area contributed by atoms with Crippen LogP contribution in [0.1, 0.15) is 15.9 Å². The maximum absolute atomic E-state index is 12.5. The van der Waals surface area contributed by atoms with Gasteiger partial charge in [-0.2, -0.15) is 18.3 Å². The van der Waals surface area contributed by atoms with Gasteiger partial charge in [0.25, 0.3) is 5.91 Å². The number of halogens is 3. The van der Waals surface area contributed by atoms with Gasteiger partial charge >= 0.3 is 6.18 Å². The number of carbonyl (C=O) groups is 1. The zero-order valence-electron chi connectivity index (χ0n) is 13.9. The number of carbonyl (C=O) groups excluding carboxylic acids is 1. The Hall–Kier alpha value is -3.43. The second kappa shape index (κ2) is 7.85. The van der Waals surface area contributed by atoms with Gasteiger partial charge < -0.3 is 10.6 Å². The molecule has 0 atom stereocenters. The summed E-state index contributed by atoms with van der Waals surface area (Å²) in [5, 5.41) is 9.69. The van der Waals surface area contributed by atoms with E-state index < -0.39 is 17.6 Å². The SMILES string of the molecule is O=C(NCCNc1cncc(-n2cccn2)n1)c1ccc(C(F)(F)F)cc1. The van der Waals surface area contributed by atoms with Crippen molar-refractivity contribution in [1.82, 2.24) is 25.1 Å². The number of nitrogens with one attached hydrogen (secondary N) is 2. The summed E-state index contributed by atoms with van der Waals surface area (Å²) in [6.07, 6.45) is 2.02. The summed E-state index contributed by atoms with van der Waals surface area (Å²) in [4.78, 5) is 20.4. The lowest BCUT2D eigenvalue weighted by molar-refractivity contribution is -0.137. The summed E-state index contributed by atoms with van der Waals surface area (Å²) in [6, 6.07) is 5.81. The number of rotatable bonds is 6. The first-order valence-corrected chi connectivity index (χ1v) is 7.95. The van der Waals surface area contributed by atoms with Gasteiger partial charge in [-0.3, -0.25) is 9.78 Å². The minimum Gasteiger partial charge on any atom is -0.367 e. The van der Waals surface area contributed by atoms with E-state index in [1.165, 1.54) is 6.20 Å². The number of benzene rings is 1. The number of aromatic nitrogens is 4. The third-order valence-electron chi connectivity index (χ3n) is 3.55. The van der Waals surface area contributed by atoms with Crippen LogP contribution >= 0.6 is 0 Å². The van der Waals surface area contributed by atoms with Gasteiger partial charge in [0.1, 0.15) is 5.82 Å². The Kier molecular flexibility index (Phi) is 5.34. The highest BCUT2D eigenvalue weighted by molar-refractivity contribution is 5.94. The molecule has 0 spiro atoms. The van der Waals surface area contributed by atoms with E-state index in [1.807, 2.05) is 0 Å². The molecule has 7 nitrogen and oxygen atoms in total. The monoisotopic (exact) mass is 376 g/mol. The molecule has 10 heteroatoms. The molecular weight excluding hydrogens is 361 g/mol. The third-order valence-corrected chi connectivity index (χ3v) is 3.55. The second-order valence-corrected chi connectivity index (χ2v) is 5.47. The van der Waals surface area contributed by atoms with Crippen LogP contribution in [0.5, 0.6) is 0 Å². The maximum Gasteiger partial charge on any atom is 0.416 e. The first-order chi connectivity index (χ1) is 12.9. The molecule has 0 aliphatic heterocycles. The van der Waals surface area contributed by atoms with Crippen LogP contribution in [0.3, 0.4) is 0 Å². The van der Waals surface area contributed by atoms with Gasteiger partial charge in [-0.25, -0.2) is 9.67 Å². The first kappa shape index (κ1) is 18.4. The summed E-state index contributed by atoms with van der Waals surface area (Å²) in [5.41, 5.74) is -0.639. The van der Waals surface area contributed by atoms with Gasteiger partial charge in [-0.1, -0.05) is 0 Å². The van der Waals surface area contributed by atoms with Gasteiger partial charge in [0, 0.05) is 31.0 Å². The Labute approximate surface area is 152 Å². The highest BCUT2D eigenvalue weighted by atomic mass is 19.4. The number of alkyl halides is 3. The predicted octanol–water partition coefficient (Wildman–Crippen LogP) is 2.52. The van der Waals surface area contributed by atoms with Crippen molar-refractivity contribution in [3.05, 3.63) is 66.2 Å². The van der Waals surface area contributed by atoms with Crippen molar-refractivity contribution in [3.8, 4) is 5.82 Å². The Balaban J connectivity index is 1.49. The normalized spacial score (nSPS) is 11.2. The molecule has 0 radical (unpaired) electrons. The van der Waals surface area contributed by atoms with Crippen LogP contribution in [-0.4, -0.2) is 38.7 Å². The van der Waals surface area contributed by atoms with Gasteiger partial charge in [-0.15, -0.1) is 0 Å². The van der Waals surface area contributed by atoms with E-state index in [0.717, 1.165) is 24.3 Å². The van der Waals surface area contributed by atoms with Crippen molar-refractivity contribution < 1.29 is 18.0 Å². The van der Waals surface area contributed by atoms with E-state index >= 15 is 0 Å². The van der Waals surface area contributed by atoms with Crippen molar-refractivity contribution in [2.45, 2.75) is 6.18 Å². The maximum atomic E-state index is 12.5. The van der Waals surface area contributed by atoms with Crippen LogP contribution in [0.15, 0.2) is 55.1 Å². The molecule has 2 N–H and O–H groups in total. The van der Waals surface area contributed by atoms with Crippen molar-refractivity contribution in [3.63, 3.8) is 0 Å². The largest absolute Gasteiger partial charge is 0.416 e. The number of amides is 1. The molecule has 27 heavy (non-hydrogen) atoms. The molecule has 0 aliphatic rings. The highest BCUT2D eigenvalue weighted by Gasteiger charge is 2.30. The van der Waals surface area contributed by atoms with Crippen LogP contribution < -0.4 is 10.6 Å². The summed E-state index contributed by atoms with van der Waals surface area (Å²) in [7, 11) is 0. The lowest BCUT2D eigenvalue weighted by atomic mass is 10.1. The van der Waals surface area contributed by atoms with E-state index in [1.54, 1.807) is 29.3 Å². The summed E-state index contributed by atoms with van der Waals surface area (Å²) in [6.45, 7) is 0.622. The minimum absolute atomic E-state index is 0.156. The molecule has 2 heterocycles. The van der Waals surface area contributed by atoms with E-state index in [4.69, 9.17) is 0 Å². The van der Waals surface area contributed by atoms with Crippen LogP contribution in [0, 0.1) is 0 Å². The Morgan fingerprint density at radius 3 is 2.56 bits per heavy atom. The van der Waals surface area contributed by atoms with Crippen LogP contribution in [0.25, 0.3) is 5.82 Å². The first-order valence-electron chi connectivity index (χ1n) is 7.95. The zero-order chi connectivity index (χ0) is 19.3. The average Bonchev–Trinajstić information content (AvgIpc) is 3.19. The summed E-state index contributed by atoms with van der Waals surface area (Å²) >= 11 is 0. The summed E-state index contributed by atoms with van der Waals surface area (Å²) < 4.78 is 39.1. The standard InChI is InChI=1S/C17H15F3N6O/c18-17(19,20)13-4-2-12(3-5-13)16(27)23-8-7-22-14-10-21-11-15(25-14)26-9-1-6-24-26/h1-6,9-11H,7-8H2,(H,22,25)(H,23,27). The molecule has 0 unspecified atom stereocenters. The van der Waals surface area contributed by atoms with Gasteiger partial charge in [-0.05, 0) is 30.3 Å². The van der Waals surface area contributed by atoms with Crippen molar-refractivity contribution >= 4 is 11.7 Å². The van der Waals surface area contributed by atoms with Gasteiger partial charge in [0.15, 0.2) is 5.82 Å². The van der Waals surface area contributed by atoms with E-state index in [0.29, 0.717) is 18.2 Å². The van der Waals surface area contributed by atoms with Crippen LogP contribution in [0.2, 0.25) is 0 Å². The number of anilines is 1. The van der Waals surface area contributed by atoms with Gasteiger partial charge in [0.05, 0.1) is 18.0 Å². The average molecular weight is 376 g/mol. The van der Waals surface area contributed by atoms with E-state index in [2.05, 4.69) is 25.7 Å². The fourth-order valence-electron chi connectivity index (χ4n) is 2.23. The van der Waals surface area contributed by atoms with E-state index in [-0.39, 0.29) is 12.1 Å². The molecule has 0 bridgehead atoms. The molecule has 0 fully saturated rings. The van der Waals surface area contributed by atoms with E-state index in [9.17, 15) is 18.0 Å². The fourth-order valence-corrected chi connectivity index (χ4v) is 2.23. The zero-order valence-corrected chi connectivity index (χ0v) is 13.9. The number of nitrogens with zero attached hydrogens (tertiary/aromatic N) is 4. The predicted molar refractivity (Wildman–Crippen MR) is 91.4 cm³/mol. The second-order valence-electron chi connectivity index (χ2n) is 5.47. The lowest BCUT2D eigenvalue weighted by Gasteiger charge is -2.09. The molecule has 3 aromatic rings. The summed E-state index contributed by atoms with van der Waals surface area (Å²) in [5.74, 6) is 0.590. The topological polar surface area (TPSA) is 84.7 Å². The molecular formula is C17H15F3N6O. The van der Waals surface area contributed by atoms with Crippen LogP contribution in [-0.2, 0) is 6.18 Å². The Morgan fingerprint density at radius 1 is 1.11 bits per heavy atom. The number of hydrogen-bond acceptors (Lipinski definition) is 5. The molecule has 140 valence electrons. The smallest absolute Gasteiger partial charge is 0.367 e. The Morgan fingerprint density at radius 2 is 1.89 bits per heavy atom. The van der Waals surface area contributed by atoms with Crippen molar-refractivity contribution in [1.29, 1.82) is 0 Å². The molecule has 1 aromatic carbocycles. The number of hydrogen-bond donors (Lipinski definition) is 2. The molecule has 1 amide bonds. The molecule has 3 rings (SSSR count). The van der Waals surface area contributed by atoms with Crippen molar-refractivity contribution in [2.24, 2.45) is 0 Å². The molecule has 0 saturated heterocycles. The van der Waals surface area contributed by atoms with Crippen molar-refractivity contribution in [2.75, 3.05) is 18.4 Å². The van der Waals surface area contributed by atoms with Gasteiger partial charge in [0.2, 0.25) is 0 Å². The third kappa shape index (κ3) is 4.81. The minimum atomic E-state index is -4.43. The quantitative estimate of drug-likeness (QED) is 0.646. The fraction of sp³-hybridized carbons (Fsp3) is 0.176. The highest BCUT2D eigenvalue weighted by Crippen LogP contribution is 2.29. The lowest BCUT2D eigenvalue weighted by Crippen LogP contribution is -2.29. The van der Waals surface area contributed by atoms with Crippen LogP contribution in [0.4, 0.5) is 19.0 Å². The molecule has 0 saturated carbocycles.